The summed E-state index contributed by atoms with van der Waals surface area (Å²) in [5.41, 5.74) is 2.69. The molecular weight excluding hydrogens is 463 g/mol. The highest BCUT2D eigenvalue weighted by Gasteiger charge is 2.26. The fourth-order valence-electron chi connectivity index (χ4n) is 3.46. The van der Waals surface area contributed by atoms with Gasteiger partial charge in [-0.3, -0.25) is 14.6 Å². The molecule has 0 atom stereocenters. The number of carbonyl (C=O) groups excluding carboxylic acids is 1. The van der Waals surface area contributed by atoms with E-state index in [0.717, 1.165) is 59.3 Å². The number of rotatable bonds is 5. The fraction of sp³-hybridized carbons (Fsp3) is 0.450. The van der Waals surface area contributed by atoms with E-state index in [-0.39, 0.29) is 18.3 Å². The lowest BCUT2D eigenvalue weighted by atomic mass is 10.2. The number of thiazole rings is 2. The Morgan fingerprint density at radius 2 is 1.93 bits per heavy atom. The van der Waals surface area contributed by atoms with Crippen LogP contribution in [0.4, 0.5) is 5.13 Å². The van der Waals surface area contributed by atoms with Gasteiger partial charge in [-0.1, -0.05) is 22.9 Å². The van der Waals surface area contributed by atoms with Gasteiger partial charge in [0.2, 0.25) is 0 Å². The second-order valence-corrected chi connectivity index (χ2v) is 9.77. The van der Waals surface area contributed by atoms with Crippen LogP contribution in [0.1, 0.15) is 25.9 Å². The Hall–Kier alpha value is -1.29. The number of ether oxygens (including phenoxy) is 1. The maximum absolute atomic E-state index is 13.5. The zero-order chi connectivity index (χ0) is 20.5. The zero-order valence-corrected chi connectivity index (χ0v) is 20.3. The largest absolute Gasteiger partial charge is 0.379 e. The van der Waals surface area contributed by atoms with E-state index in [0.29, 0.717) is 21.6 Å². The highest BCUT2D eigenvalue weighted by atomic mass is 35.5. The van der Waals surface area contributed by atoms with Gasteiger partial charge in [0.25, 0.3) is 5.91 Å². The number of nitrogens with zero attached hydrogens (tertiary/aromatic N) is 4. The summed E-state index contributed by atoms with van der Waals surface area (Å²) in [6.07, 6.45) is 0. The molecule has 0 unspecified atom stereocenters. The molecule has 1 aliphatic heterocycles. The molecule has 0 N–H and O–H groups in total. The van der Waals surface area contributed by atoms with Gasteiger partial charge in [-0.05, 0) is 38.5 Å². The average Bonchev–Trinajstić information content (AvgIpc) is 3.25. The predicted molar refractivity (Wildman–Crippen MR) is 127 cm³/mol. The second kappa shape index (κ2) is 9.89. The highest BCUT2D eigenvalue weighted by Crippen LogP contribution is 2.34. The zero-order valence-electron chi connectivity index (χ0n) is 17.1. The Labute approximate surface area is 195 Å². The number of halogens is 2. The third-order valence-corrected chi connectivity index (χ3v) is 7.26. The van der Waals surface area contributed by atoms with Gasteiger partial charge in [0, 0.05) is 31.2 Å². The fourth-order valence-corrected chi connectivity index (χ4v) is 5.77. The number of aromatic nitrogens is 2. The first-order valence-electron chi connectivity index (χ1n) is 9.55. The number of amides is 1. The van der Waals surface area contributed by atoms with E-state index >= 15 is 0 Å². The lowest BCUT2D eigenvalue weighted by Crippen LogP contribution is -2.43. The molecule has 162 valence electrons. The lowest BCUT2D eigenvalue weighted by Gasteiger charge is -2.29. The van der Waals surface area contributed by atoms with Gasteiger partial charge in [-0.15, -0.1) is 23.7 Å². The standard InChI is InChI=1S/C20H23ClN4O2S2.ClH/c1-12-10-15(21)11-16-17(12)23-20(29-16)25(5-4-24-6-8-27-9-7-24)19(26)18-13(2)22-14(3)28-18;/h10-11H,4-9H2,1-3H3;1H. The van der Waals surface area contributed by atoms with Crippen LogP contribution in [0.2, 0.25) is 5.02 Å². The lowest BCUT2D eigenvalue weighted by molar-refractivity contribution is 0.0391. The van der Waals surface area contributed by atoms with Crippen molar-refractivity contribution in [3.63, 3.8) is 0 Å². The third-order valence-electron chi connectivity index (χ3n) is 4.96. The van der Waals surface area contributed by atoms with E-state index in [4.69, 9.17) is 21.3 Å². The van der Waals surface area contributed by atoms with E-state index in [1.165, 1.54) is 22.7 Å². The molecule has 30 heavy (non-hydrogen) atoms. The number of fused-ring (bicyclic) bond motifs is 1. The number of carbonyl (C=O) groups is 1. The van der Waals surface area contributed by atoms with Gasteiger partial charge in [0.05, 0.1) is 34.1 Å². The molecular formula is C20H24Cl2N4O2S2. The summed E-state index contributed by atoms with van der Waals surface area (Å²) < 4.78 is 6.43. The number of hydrogen-bond acceptors (Lipinski definition) is 7. The number of aryl methyl sites for hydroxylation is 3. The van der Waals surface area contributed by atoms with Crippen molar-refractivity contribution in [2.75, 3.05) is 44.3 Å². The summed E-state index contributed by atoms with van der Waals surface area (Å²) in [4.78, 5) is 27.5. The number of hydrogen-bond donors (Lipinski definition) is 0. The molecule has 1 aromatic carbocycles. The molecule has 1 saturated heterocycles. The van der Waals surface area contributed by atoms with Crippen LogP contribution in [-0.2, 0) is 4.74 Å². The Balaban J connectivity index is 0.00000256. The molecule has 0 radical (unpaired) electrons. The van der Waals surface area contributed by atoms with E-state index < -0.39 is 0 Å². The van der Waals surface area contributed by atoms with Crippen LogP contribution in [0.3, 0.4) is 0 Å². The minimum atomic E-state index is -0.0378. The van der Waals surface area contributed by atoms with Gasteiger partial charge >= 0.3 is 0 Å². The van der Waals surface area contributed by atoms with Crippen molar-refractivity contribution >= 4 is 67.9 Å². The van der Waals surface area contributed by atoms with E-state index in [2.05, 4.69) is 9.88 Å². The van der Waals surface area contributed by atoms with Gasteiger partial charge in [-0.2, -0.15) is 0 Å². The molecule has 3 aromatic rings. The molecule has 0 aliphatic carbocycles. The van der Waals surface area contributed by atoms with Gasteiger partial charge < -0.3 is 4.74 Å². The molecule has 2 aromatic heterocycles. The number of morpholine rings is 1. The Kier molecular flexibility index (Phi) is 7.71. The van der Waals surface area contributed by atoms with Crippen molar-refractivity contribution in [3.05, 3.63) is 38.3 Å². The van der Waals surface area contributed by atoms with Crippen molar-refractivity contribution in [1.82, 2.24) is 14.9 Å². The average molecular weight is 487 g/mol. The van der Waals surface area contributed by atoms with Crippen LogP contribution >= 0.6 is 46.7 Å². The minimum absolute atomic E-state index is 0. The summed E-state index contributed by atoms with van der Waals surface area (Å²) in [6.45, 7) is 10.4. The Morgan fingerprint density at radius 3 is 2.60 bits per heavy atom. The molecule has 6 nitrogen and oxygen atoms in total. The van der Waals surface area contributed by atoms with E-state index in [1.807, 2.05) is 32.9 Å². The van der Waals surface area contributed by atoms with Crippen LogP contribution < -0.4 is 4.90 Å². The highest BCUT2D eigenvalue weighted by molar-refractivity contribution is 7.22. The molecule has 4 rings (SSSR count). The molecule has 0 spiro atoms. The first-order chi connectivity index (χ1) is 13.9. The first kappa shape index (κ1) is 23.4. The molecule has 0 bridgehead atoms. The van der Waals surface area contributed by atoms with Crippen LogP contribution in [-0.4, -0.2) is 60.2 Å². The normalized spacial score (nSPS) is 14.7. The Bertz CT molecular complexity index is 1050. The smallest absolute Gasteiger partial charge is 0.272 e. The molecule has 1 amide bonds. The minimum Gasteiger partial charge on any atom is -0.379 e. The van der Waals surface area contributed by atoms with Gasteiger partial charge in [0.15, 0.2) is 5.13 Å². The predicted octanol–water partition coefficient (Wildman–Crippen LogP) is 4.73. The maximum atomic E-state index is 13.5. The van der Waals surface area contributed by atoms with Crippen LogP contribution in [0.25, 0.3) is 10.2 Å². The molecule has 1 fully saturated rings. The van der Waals surface area contributed by atoms with Crippen molar-refractivity contribution in [3.8, 4) is 0 Å². The Morgan fingerprint density at radius 1 is 1.20 bits per heavy atom. The summed E-state index contributed by atoms with van der Waals surface area (Å²) >= 11 is 9.18. The van der Waals surface area contributed by atoms with Gasteiger partial charge in [-0.25, -0.2) is 9.97 Å². The quantitative estimate of drug-likeness (QED) is 0.521. The summed E-state index contributed by atoms with van der Waals surface area (Å²) in [7, 11) is 0. The maximum Gasteiger partial charge on any atom is 0.272 e. The van der Waals surface area contributed by atoms with E-state index in [9.17, 15) is 4.79 Å². The molecule has 1 aliphatic rings. The van der Waals surface area contributed by atoms with Crippen molar-refractivity contribution in [2.45, 2.75) is 20.8 Å². The molecule has 10 heteroatoms. The second-order valence-electron chi connectivity index (χ2n) is 7.12. The monoisotopic (exact) mass is 486 g/mol. The molecule has 3 heterocycles. The number of anilines is 1. The third kappa shape index (κ3) is 4.95. The van der Waals surface area contributed by atoms with Crippen LogP contribution in [0, 0.1) is 20.8 Å². The first-order valence-corrected chi connectivity index (χ1v) is 11.6. The van der Waals surface area contributed by atoms with Crippen molar-refractivity contribution < 1.29 is 9.53 Å². The summed E-state index contributed by atoms with van der Waals surface area (Å²) in [5, 5.41) is 2.28. The van der Waals surface area contributed by atoms with E-state index in [1.54, 1.807) is 4.90 Å². The summed E-state index contributed by atoms with van der Waals surface area (Å²) in [6, 6.07) is 3.82. The number of benzene rings is 1. The van der Waals surface area contributed by atoms with Crippen molar-refractivity contribution in [1.29, 1.82) is 0 Å². The topological polar surface area (TPSA) is 58.6 Å². The van der Waals surface area contributed by atoms with Crippen LogP contribution in [0.5, 0.6) is 0 Å². The van der Waals surface area contributed by atoms with Gasteiger partial charge in [0.1, 0.15) is 4.88 Å². The summed E-state index contributed by atoms with van der Waals surface area (Å²) in [5.74, 6) is -0.0378. The van der Waals surface area contributed by atoms with Crippen LogP contribution in [0.15, 0.2) is 12.1 Å². The molecule has 0 saturated carbocycles. The van der Waals surface area contributed by atoms with Crippen molar-refractivity contribution in [2.24, 2.45) is 0 Å². The SMILES string of the molecule is Cc1nc(C)c(C(=O)N(CCN2CCOCC2)c2nc3c(C)cc(Cl)cc3s2)s1.Cl.